The zero-order valence-electron chi connectivity index (χ0n) is 10.2. The van der Waals surface area contributed by atoms with E-state index in [1.54, 1.807) is 13.8 Å². The molecule has 92 valence electrons. The predicted molar refractivity (Wildman–Crippen MR) is 63.5 cm³/mol. The van der Waals surface area contributed by atoms with Gasteiger partial charge in [0.25, 0.3) is 5.56 Å². The number of nitrogens with zero attached hydrogens (tertiary/aromatic N) is 2. The Morgan fingerprint density at radius 1 is 1.50 bits per heavy atom. The van der Waals surface area contributed by atoms with Crippen LogP contribution in [-0.2, 0) is 4.74 Å². The minimum absolute atomic E-state index is 0.0315. The molecule has 6 heteroatoms. The second kappa shape index (κ2) is 4.04. The van der Waals surface area contributed by atoms with Gasteiger partial charge >= 0.3 is 5.97 Å². The Bertz CT molecular complexity index is 746. The monoisotopic (exact) mass is 245 g/mol. The van der Waals surface area contributed by atoms with E-state index >= 15 is 0 Å². The summed E-state index contributed by atoms with van der Waals surface area (Å²) in [6.07, 6.45) is 0. The molecule has 0 aliphatic rings. The van der Waals surface area contributed by atoms with Crippen molar-refractivity contribution in [2.75, 3.05) is 7.11 Å². The Hall–Kier alpha value is -2.55. The van der Waals surface area contributed by atoms with Gasteiger partial charge in [0, 0.05) is 11.8 Å². The van der Waals surface area contributed by atoms with Crippen LogP contribution in [0.2, 0.25) is 0 Å². The number of carbonyl (C=O) groups is 1. The number of aromatic nitrogens is 2. The highest BCUT2D eigenvalue weighted by Gasteiger charge is 2.17. The molecule has 0 saturated heterocycles. The lowest BCUT2D eigenvalue weighted by Gasteiger charge is -2.02. The van der Waals surface area contributed by atoms with Gasteiger partial charge in [0.1, 0.15) is 17.4 Å². The number of ether oxygens (including phenoxy) is 1. The third-order valence-electron chi connectivity index (χ3n) is 2.97. The van der Waals surface area contributed by atoms with Gasteiger partial charge in [-0.1, -0.05) is 0 Å². The van der Waals surface area contributed by atoms with Gasteiger partial charge in [-0.05, 0) is 19.4 Å². The van der Waals surface area contributed by atoms with Crippen molar-refractivity contribution in [3.8, 4) is 6.07 Å². The minimum Gasteiger partial charge on any atom is -0.464 e. The van der Waals surface area contributed by atoms with Gasteiger partial charge in [0.15, 0.2) is 0 Å². The van der Waals surface area contributed by atoms with E-state index in [9.17, 15) is 9.59 Å². The summed E-state index contributed by atoms with van der Waals surface area (Å²) in [5.41, 5.74) is 1.73. The molecular formula is C12H11N3O3. The molecule has 0 fully saturated rings. The molecule has 18 heavy (non-hydrogen) atoms. The number of H-pyrrole nitrogens is 1. The molecule has 0 aliphatic carbocycles. The fourth-order valence-electron chi connectivity index (χ4n) is 1.91. The summed E-state index contributed by atoms with van der Waals surface area (Å²) in [4.78, 5) is 26.1. The molecule has 0 amide bonds. The van der Waals surface area contributed by atoms with Crippen molar-refractivity contribution >= 4 is 11.6 Å². The van der Waals surface area contributed by atoms with Crippen LogP contribution < -0.4 is 5.56 Å². The third kappa shape index (κ3) is 1.49. The summed E-state index contributed by atoms with van der Waals surface area (Å²) in [7, 11) is 1.23. The van der Waals surface area contributed by atoms with Crippen LogP contribution in [0.5, 0.6) is 0 Å². The van der Waals surface area contributed by atoms with E-state index in [0.29, 0.717) is 22.5 Å². The van der Waals surface area contributed by atoms with E-state index < -0.39 is 5.97 Å². The Balaban J connectivity index is 2.93. The molecule has 0 radical (unpaired) electrons. The first-order valence-corrected chi connectivity index (χ1v) is 5.24. The largest absolute Gasteiger partial charge is 0.464 e. The number of carbonyl (C=O) groups excluding carboxylic acids is 1. The number of esters is 1. The smallest absolute Gasteiger partial charge is 0.354 e. The number of hydrogen-bond acceptors (Lipinski definition) is 4. The molecule has 6 nitrogen and oxygen atoms in total. The zero-order valence-corrected chi connectivity index (χ0v) is 10.2. The molecule has 2 rings (SSSR count). The summed E-state index contributed by atoms with van der Waals surface area (Å²) < 4.78 is 5.92. The first-order valence-electron chi connectivity index (χ1n) is 5.24. The average molecular weight is 245 g/mol. The lowest BCUT2D eigenvalue weighted by Crippen LogP contribution is -2.18. The van der Waals surface area contributed by atoms with Gasteiger partial charge in [0.05, 0.1) is 12.7 Å². The topological polar surface area (TPSA) is 87.4 Å². The number of hydrogen-bond donors (Lipinski definition) is 1. The number of nitriles is 1. The Labute approximate surface area is 102 Å². The summed E-state index contributed by atoms with van der Waals surface area (Å²) >= 11 is 0. The normalized spacial score (nSPS) is 10.3. The van der Waals surface area contributed by atoms with E-state index in [0.717, 1.165) is 6.07 Å². The number of rotatable bonds is 1. The minimum atomic E-state index is -0.644. The fraction of sp³-hybridized carbons (Fsp3) is 0.250. The van der Waals surface area contributed by atoms with Crippen LogP contribution >= 0.6 is 0 Å². The lowest BCUT2D eigenvalue weighted by atomic mass is 10.2. The van der Waals surface area contributed by atoms with E-state index in [1.807, 2.05) is 6.07 Å². The summed E-state index contributed by atoms with van der Waals surface area (Å²) in [6, 6.07) is 3.19. The van der Waals surface area contributed by atoms with Crippen LogP contribution in [0, 0.1) is 25.2 Å². The van der Waals surface area contributed by atoms with Gasteiger partial charge in [0.2, 0.25) is 0 Å². The van der Waals surface area contributed by atoms with Crippen molar-refractivity contribution in [3.63, 3.8) is 0 Å². The summed E-state index contributed by atoms with van der Waals surface area (Å²) in [6.45, 7) is 3.50. The van der Waals surface area contributed by atoms with Crippen LogP contribution in [-0.4, -0.2) is 22.5 Å². The molecule has 1 N–H and O–H groups in total. The van der Waals surface area contributed by atoms with Crippen molar-refractivity contribution in [2.24, 2.45) is 0 Å². The number of aromatic amines is 1. The number of methoxy groups -OCH3 is 1. The molecule has 0 bridgehead atoms. The first kappa shape index (κ1) is 11.9. The molecule has 2 aromatic heterocycles. The number of nitrogens with one attached hydrogen (secondary N) is 1. The molecular weight excluding hydrogens is 234 g/mol. The van der Waals surface area contributed by atoms with Gasteiger partial charge in [-0.2, -0.15) is 5.26 Å². The number of fused-ring (bicyclic) bond motifs is 1. The highest BCUT2D eigenvalue weighted by molar-refractivity contribution is 5.88. The Morgan fingerprint density at radius 3 is 2.72 bits per heavy atom. The summed E-state index contributed by atoms with van der Waals surface area (Å²) in [5.74, 6) is -0.644. The lowest BCUT2D eigenvalue weighted by molar-refractivity contribution is 0.0594. The molecule has 0 spiro atoms. The number of aryl methyl sites for hydroxylation is 1. The van der Waals surface area contributed by atoms with E-state index in [4.69, 9.17) is 5.26 Å². The second-order valence-corrected chi connectivity index (χ2v) is 3.89. The third-order valence-corrected chi connectivity index (χ3v) is 2.97. The highest BCUT2D eigenvalue weighted by atomic mass is 16.5. The maximum atomic E-state index is 11.9. The maximum Gasteiger partial charge on any atom is 0.354 e. The van der Waals surface area contributed by atoms with Crippen LogP contribution in [0.4, 0.5) is 0 Å². The molecule has 0 atom stereocenters. The van der Waals surface area contributed by atoms with Crippen LogP contribution in [0.25, 0.3) is 5.65 Å². The Morgan fingerprint density at radius 2 is 2.17 bits per heavy atom. The first-order chi connectivity index (χ1) is 8.51. The predicted octanol–water partition coefficient (Wildman–Crippen LogP) is 0.903. The Kier molecular flexibility index (Phi) is 2.67. The van der Waals surface area contributed by atoms with Gasteiger partial charge in [-0.3, -0.25) is 9.20 Å². The van der Waals surface area contributed by atoms with Gasteiger partial charge in [-0.25, -0.2) is 4.79 Å². The summed E-state index contributed by atoms with van der Waals surface area (Å²) in [5, 5.41) is 9.11. The van der Waals surface area contributed by atoms with Crippen molar-refractivity contribution < 1.29 is 9.53 Å². The fourth-order valence-corrected chi connectivity index (χ4v) is 1.91. The highest BCUT2D eigenvalue weighted by Crippen LogP contribution is 2.18. The van der Waals surface area contributed by atoms with Crippen LogP contribution in [0.3, 0.4) is 0 Å². The quantitative estimate of drug-likeness (QED) is 0.756. The van der Waals surface area contributed by atoms with Crippen LogP contribution in [0.1, 0.15) is 27.3 Å². The molecule has 0 aliphatic heterocycles. The average Bonchev–Trinajstić information content (AvgIpc) is 2.60. The van der Waals surface area contributed by atoms with Gasteiger partial charge < -0.3 is 9.72 Å². The molecule has 0 saturated carbocycles. The molecule has 2 heterocycles. The van der Waals surface area contributed by atoms with Crippen molar-refractivity contribution in [3.05, 3.63) is 38.9 Å². The van der Waals surface area contributed by atoms with Crippen molar-refractivity contribution in [1.29, 1.82) is 5.26 Å². The zero-order chi connectivity index (χ0) is 13.4. The molecule has 0 unspecified atom stereocenters. The van der Waals surface area contributed by atoms with E-state index in [1.165, 1.54) is 11.5 Å². The molecule has 2 aromatic rings. The van der Waals surface area contributed by atoms with E-state index in [2.05, 4.69) is 9.72 Å². The van der Waals surface area contributed by atoms with Crippen LogP contribution in [0.15, 0.2) is 10.9 Å². The standard InChI is InChI=1S/C12H11N3O3/c1-6-7(2)15-10(16)4-9(12(17)18-3)14-11(15)8(6)5-13/h4,14H,1-3H3. The molecule has 0 aromatic carbocycles. The SMILES string of the molecule is COC(=O)c1cc(=O)n2c(C)c(C)c(C#N)c2[nH]1. The second-order valence-electron chi connectivity index (χ2n) is 3.89. The van der Waals surface area contributed by atoms with E-state index in [-0.39, 0.29) is 11.3 Å². The van der Waals surface area contributed by atoms with Crippen molar-refractivity contribution in [1.82, 2.24) is 9.38 Å². The van der Waals surface area contributed by atoms with Crippen molar-refractivity contribution in [2.45, 2.75) is 13.8 Å². The van der Waals surface area contributed by atoms with Gasteiger partial charge in [-0.15, -0.1) is 0 Å². The maximum absolute atomic E-state index is 11.9.